The predicted octanol–water partition coefficient (Wildman–Crippen LogP) is 3.13. The summed E-state index contributed by atoms with van der Waals surface area (Å²) < 4.78 is 5.53. The number of nitrogens with zero attached hydrogens (tertiary/aromatic N) is 1. The summed E-state index contributed by atoms with van der Waals surface area (Å²) in [6, 6.07) is 16.9. The Balaban J connectivity index is 1.85. The minimum absolute atomic E-state index is 0.109. The summed E-state index contributed by atoms with van der Waals surface area (Å²) in [5, 5.41) is 12.2. The van der Waals surface area contributed by atoms with Crippen molar-refractivity contribution < 1.29 is 9.53 Å². The van der Waals surface area contributed by atoms with E-state index in [0.29, 0.717) is 17.7 Å². The number of ether oxygens (including phenoxy) is 1. The van der Waals surface area contributed by atoms with Gasteiger partial charge in [0.15, 0.2) is 0 Å². The zero-order chi connectivity index (χ0) is 16.1. The van der Waals surface area contributed by atoms with E-state index in [4.69, 9.17) is 4.74 Å². The molecule has 1 atom stereocenters. The van der Waals surface area contributed by atoms with Crippen LogP contribution in [0.2, 0.25) is 0 Å². The SMILES string of the molecule is N#Cc1ccccc1-c1ccccc1C(=O)NCC1CCCO1. The van der Waals surface area contributed by atoms with E-state index < -0.39 is 0 Å². The number of benzene rings is 2. The summed E-state index contributed by atoms with van der Waals surface area (Å²) in [4.78, 5) is 12.5. The van der Waals surface area contributed by atoms with Crippen LogP contribution in [-0.4, -0.2) is 25.2 Å². The predicted molar refractivity (Wildman–Crippen MR) is 87.9 cm³/mol. The Hall–Kier alpha value is -2.64. The molecule has 0 spiro atoms. The fourth-order valence-corrected chi connectivity index (χ4v) is 2.84. The van der Waals surface area contributed by atoms with E-state index in [1.807, 2.05) is 36.4 Å². The molecule has 0 saturated carbocycles. The maximum absolute atomic E-state index is 12.5. The number of hydrogen-bond donors (Lipinski definition) is 1. The van der Waals surface area contributed by atoms with Gasteiger partial charge in [0, 0.05) is 24.3 Å². The molecule has 4 heteroatoms. The summed E-state index contributed by atoms with van der Waals surface area (Å²) in [5.74, 6) is -0.135. The molecule has 1 N–H and O–H groups in total. The van der Waals surface area contributed by atoms with Gasteiger partial charge >= 0.3 is 0 Å². The number of carbonyl (C=O) groups is 1. The van der Waals surface area contributed by atoms with Crippen molar-refractivity contribution in [3.63, 3.8) is 0 Å². The van der Waals surface area contributed by atoms with Crippen LogP contribution in [0.3, 0.4) is 0 Å². The second kappa shape index (κ2) is 7.08. The van der Waals surface area contributed by atoms with Crippen LogP contribution < -0.4 is 5.32 Å². The lowest BCUT2D eigenvalue weighted by atomic mass is 9.95. The quantitative estimate of drug-likeness (QED) is 0.944. The minimum atomic E-state index is -0.135. The molecule has 4 nitrogen and oxygen atoms in total. The highest BCUT2D eigenvalue weighted by Crippen LogP contribution is 2.26. The van der Waals surface area contributed by atoms with Crippen LogP contribution in [0.5, 0.6) is 0 Å². The first-order chi connectivity index (χ1) is 11.3. The molecule has 1 amide bonds. The third-order valence-corrected chi connectivity index (χ3v) is 4.02. The molecular formula is C19H18N2O2. The molecule has 1 saturated heterocycles. The molecule has 0 radical (unpaired) electrons. The minimum Gasteiger partial charge on any atom is -0.376 e. The molecule has 3 rings (SSSR count). The number of nitriles is 1. The fraction of sp³-hybridized carbons (Fsp3) is 0.263. The Bertz CT molecular complexity index is 743. The molecule has 1 fully saturated rings. The molecule has 2 aromatic carbocycles. The van der Waals surface area contributed by atoms with E-state index in [9.17, 15) is 10.1 Å². The number of rotatable bonds is 4. The van der Waals surface area contributed by atoms with E-state index in [0.717, 1.165) is 30.6 Å². The molecule has 0 bridgehead atoms. The average Bonchev–Trinajstić information content (AvgIpc) is 3.13. The highest BCUT2D eigenvalue weighted by atomic mass is 16.5. The zero-order valence-corrected chi connectivity index (χ0v) is 12.8. The van der Waals surface area contributed by atoms with Crippen LogP contribution in [0.1, 0.15) is 28.8 Å². The van der Waals surface area contributed by atoms with Crippen molar-refractivity contribution in [2.24, 2.45) is 0 Å². The summed E-state index contributed by atoms with van der Waals surface area (Å²) in [6.45, 7) is 1.29. The standard InChI is InChI=1S/C19H18N2O2/c20-12-14-6-1-2-8-16(14)17-9-3-4-10-18(17)19(22)21-13-15-7-5-11-23-15/h1-4,6,8-10,15H,5,7,11,13H2,(H,21,22). The van der Waals surface area contributed by atoms with Crippen LogP contribution in [0.25, 0.3) is 11.1 Å². The van der Waals surface area contributed by atoms with Crippen molar-refractivity contribution in [2.45, 2.75) is 18.9 Å². The molecule has 2 aromatic rings. The van der Waals surface area contributed by atoms with Gasteiger partial charge in [0.2, 0.25) is 0 Å². The molecule has 23 heavy (non-hydrogen) atoms. The van der Waals surface area contributed by atoms with Crippen LogP contribution in [0.4, 0.5) is 0 Å². The lowest BCUT2D eigenvalue weighted by Crippen LogP contribution is -2.32. The number of carbonyl (C=O) groups excluding carboxylic acids is 1. The van der Waals surface area contributed by atoms with Crippen molar-refractivity contribution in [1.82, 2.24) is 5.32 Å². The van der Waals surface area contributed by atoms with Crippen LogP contribution >= 0.6 is 0 Å². The maximum Gasteiger partial charge on any atom is 0.252 e. The van der Waals surface area contributed by atoms with Gasteiger partial charge < -0.3 is 10.1 Å². The van der Waals surface area contributed by atoms with Crippen molar-refractivity contribution in [3.05, 3.63) is 59.7 Å². The van der Waals surface area contributed by atoms with Crippen LogP contribution in [0.15, 0.2) is 48.5 Å². The third kappa shape index (κ3) is 3.41. The Morgan fingerprint density at radius 2 is 1.91 bits per heavy atom. The lowest BCUT2D eigenvalue weighted by molar-refractivity contribution is 0.0858. The summed E-state index contributed by atoms with van der Waals surface area (Å²) in [6.07, 6.45) is 2.14. The third-order valence-electron chi connectivity index (χ3n) is 4.02. The van der Waals surface area contributed by atoms with Gasteiger partial charge in [0.25, 0.3) is 5.91 Å². The average molecular weight is 306 g/mol. The molecule has 1 aliphatic heterocycles. The Kier molecular flexibility index (Phi) is 4.70. The van der Waals surface area contributed by atoms with Crippen molar-refractivity contribution in [2.75, 3.05) is 13.2 Å². The van der Waals surface area contributed by atoms with E-state index in [1.54, 1.807) is 12.1 Å². The highest BCUT2D eigenvalue weighted by molar-refractivity contribution is 6.01. The van der Waals surface area contributed by atoms with E-state index in [-0.39, 0.29) is 12.0 Å². The molecule has 1 unspecified atom stereocenters. The second-order valence-corrected chi connectivity index (χ2v) is 5.55. The van der Waals surface area contributed by atoms with Crippen molar-refractivity contribution >= 4 is 5.91 Å². The van der Waals surface area contributed by atoms with Gasteiger partial charge in [0.05, 0.1) is 17.7 Å². The topological polar surface area (TPSA) is 62.1 Å². The molecule has 1 aliphatic rings. The van der Waals surface area contributed by atoms with Gasteiger partial charge in [-0.1, -0.05) is 36.4 Å². The normalized spacial score (nSPS) is 16.7. The number of nitrogens with one attached hydrogen (secondary N) is 1. The number of amides is 1. The largest absolute Gasteiger partial charge is 0.376 e. The first kappa shape index (κ1) is 15.3. The summed E-state index contributed by atoms with van der Waals surface area (Å²) in [5.41, 5.74) is 2.69. The summed E-state index contributed by atoms with van der Waals surface area (Å²) in [7, 11) is 0. The van der Waals surface area contributed by atoms with Crippen molar-refractivity contribution in [3.8, 4) is 17.2 Å². The van der Waals surface area contributed by atoms with Gasteiger partial charge in [-0.05, 0) is 30.5 Å². The fourth-order valence-electron chi connectivity index (χ4n) is 2.84. The maximum atomic E-state index is 12.5. The first-order valence-corrected chi connectivity index (χ1v) is 7.78. The van der Waals surface area contributed by atoms with Crippen LogP contribution in [-0.2, 0) is 4.74 Å². The number of hydrogen-bond acceptors (Lipinski definition) is 3. The van der Waals surface area contributed by atoms with E-state index in [1.165, 1.54) is 0 Å². The molecule has 116 valence electrons. The zero-order valence-electron chi connectivity index (χ0n) is 12.8. The molecule has 0 aliphatic carbocycles. The lowest BCUT2D eigenvalue weighted by Gasteiger charge is -2.14. The smallest absolute Gasteiger partial charge is 0.252 e. The van der Waals surface area contributed by atoms with Gasteiger partial charge in [-0.3, -0.25) is 4.79 Å². The van der Waals surface area contributed by atoms with Crippen molar-refractivity contribution in [1.29, 1.82) is 5.26 Å². The summed E-state index contributed by atoms with van der Waals surface area (Å²) >= 11 is 0. The van der Waals surface area contributed by atoms with Gasteiger partial charge in [0.1, 0.15) is 0 Å². The first-order valence-electron chi connectivity index (χ1n) is 7.78. The second-order valence-electron chi connectivity index (χ2n) is 5.55. The molecule has 0 aromatic heterocycles. The molecule has 1 heterocycles. The van der Waals surface area contributed by atoms with Crippen LogP contribution in [0, 0.1) is 11.3 Å². The monoisotopic (exact) mass is 306 g/mol. The van der Waals surface area contributed by atoms with E-state index in [2.05, 4.69) is 11.4 Å². The highest BCUT2D eigenvalue weighted by Gasteiger charge is 2.18. The van der Waals surface area contributed by atoms with Gasteiger partial charge in [-0.2, -0.15) is 5.26 Å². The van der Waals surface area contributed by atoms with Gasteiger partial charge in [-0.15, -0.1) is 0 Å². The Labute approximate surface area is 135 Å². The Morgan fingerprint density at radius 3 is 2.65 bits per heavy atom. The Morgan fingerprint density at radius 1 is 1.17 bits per heavy atom. The van der Waals surface area contributed by atoms with Gasteiger partial charge in [-0.25, -0.2) is 0 Å². The van der Waals surface area contributed by atoms with E-state index >= 15 is 0 Å². The molecular weight excluding hydrogens is 288 g/mol.